The molecule has 2 amide bonds. The molecule has 5 nitrogen and oxygen atoms in total. The predicted molar refractivity (Wildman–Crippen MR) is 132 cm³/mol. The van der Waals surface area contributed by atoms with Crippen molar-refractivity contribution >= 4 is 62.8 Å². The summed E-state index contributed by atoms with van der Waals surface area (Å²) in [6.07, 6.45) is 3.82. The van der Waals surface area contributed by atoms with Gasteiger partial charge in [0.25, 0.3) is 5.91 Å². The van der Waals surface area contributed by atoms with E-state index in [1.54, 1.807) is 4.90 Å². The fraction of sp³-hybridized carbons (Fsp3) is 0.208. The van der Waals surface area contributed by atoms with Gasteiger partial charge in [0.15, 0.2) is 4.32 Å². The van der Waals surface area contributed by atoms with E-state index in [2.05, 4.69) is 0 Å². The van der Waals surface area contributed by atoms with Crippen molar-refractivity contribution in [1.29, 1.82) is 0 Å². The molecule has 0 N–H and O–H groups in total. The molecular formula is C24H23N3O2S2. The molecule has 2 aromatic carbocycles. The van der Waals surface area contributed by atoms with E-state index in [1.165, 1.54) is 11.8 Å². The summed E-state index contributed by atoms with van der Waals surface area (Å²) < 4.78 is 2.47. The molecule has 1 fully saturated rings. The van der Waals surface area contributed by atoms with Gasteiger partial charge in [-0.25, -0.2) is 0 Å². The average Bonchev–Trinajstić information content (AvgIpc) is 3.26. The number of hydrogen-bond acceptors (Lipinski definition) is 4. The van der Waals surface area contributed by atoms with Gasteiger partial charge in [-0.3, -0.25) is 14.5 Å². The van der Waals surface area contributed by atoms with Gasteiger partial charge in [-0.1, -0.05) is 60.4 Å². The summed E-state index contributed by atoms with van der Waals surface area (Å²) in [5, 5.41) is 1.000. The number of carbonyl (C=O) groups is 2. The standard InChI is InChI=1S/C24H23N3O2S2/c1-3-25(4-2)22(28)16-26-15-17(19-12-8-9-13-20(19)26)14-21-23(29)27(24(30)31-21)18-10-6-5-7-11-18/h5-15H,3-4,16H2,1-2H3/b21-14-. The molecule has 3 aromatic rings. The summed E-state index contributed by atoms with van der Waals surface area (Å²) >= 11 is 6.78. The molecule has 0 unspecified atom stereocenters. The van der Waals surface area contributed by atoms with Gasteiger partial charge in [-0.2, -0.15) is 0 Å². The summed E-state index contributed by atoms with van der Waals surface area (Å²) in [6, 6.07) is 17.4. The van der Waals surface area contributed by atoms with Crippen LogP contribution in [0.5, 0.6) is 0 Å². The molecule has 2 heterocycles. The van der Waals surface area contributed by atoms with Crippen LogP contribution in [0.3, 0.4) is 0 Å². The molecule has 1 saturated heterocycles. The Morgan fingerprint density at radius 2 is 1.74 bits per heavy atom. The molecule has 158 valence electrons. The Kier molecular flexibility index (Phi) is 6.25. The van der Waals surface area contributed by atoms with E-state index in [1.807, 2.05) is 90.2 Å². The zero-order chi connectivity index (χ0) is 22.0. The number of anilines is 1. The Hall–Kier alpha value is -2.90. The Morgan fingerprint density at radius 1 is 1.06 bits per heavy atom. The van der Waals surface area contributed by atoms with Crippen LogP contribution in [0.4, 0.5) is 5.69 Å². The molecule has 1 aliphatic rings. The summed E-state index contributed by atoms with van der Waals surface area (Å²) in [5.41, 5.74) is 2.63. The van der Waals surface area contributed by atoms with Crippen molar-refractivity contribution in [3.8, 4) is 0 Å². The van der Waals surface area contributed by atoms with Gasteiger partial charge in [0.1, 0.15) is 6.54 Å². The molecule has 0 bridgehead atoms. The van der Waals surface area contributed by atoms with Crippen molar-refractivity contribution in [3.05, 3.63) is 71.3 Å². The maximum absolute atomic E-state index is 13.1. The second-order valence-corrected chi connectivity index (χ2v) is 8.82. The number of likely N-dealkylation sites (N-methyl/N-ethyl adjacent to an activating group) is 1. The third-order valence-electron chi connectivity index (χ3n) is 5.34. The lowest BCUT2D eigenvalue weighted by Crippen LogP contribution is -2.33. The number of hydrogen-bond donors (Lipinski definition) is 0. The molecule has 7 heteroatoms. The predicted octanol–water partition coefficient (Wildman–Crippen LogP) is 4.92. The first-order valence-electron chi connectivity index (χ1n) is 10.2. The van der Waals surface area contributed by atoms with Crippen LogP contribution in [0.1, 0.15) is 19.4 Å². The Balaban J connectivity index is 1.69. The highest BCUT2D eigenvalue weighted by atomic mass is 32.2. The highest BCUT2D eigenvalue weighted by molar-refractivity contribution is 8.27. The molecule has 4 rings (SSSR count). The molecule has 0 radical (unpaired) electrons. The number of nitrogens with zero attached hydrogens (tertiary/aromatic N) is 3. The summed E-state index contributed by atoms with van der Waals surface area (Å²) in [7, 11) is 0. The van der Waals surface area contributed by atoms with Crippen LogP contribution in [0.25, 0.3) is 17.0 Å². The number of fused-ring (bicyclic) bond motifs is 1. The minimum absolute atomic E-state index is 0.0766. The van der Waals surface area contributed by atoms with E-state index in [0.29, 0.717) is 22.3 Å². The van der Waals surface area contributed by atoms with E-state index in [0.717, 1.165) is 22.2 Å². The maximum Gasteiger partial charge on any atom is 0.270 e. The van der Waals surface area contributed by atoms with Crippen molar-refractivity contribution < 1.29 is 9.59 Å². The van der Waals surface area contributed by atoms with Crippen LogP contribution in [0.15, 0.2) is 65.7 Å². The quantitative estimate of drug-likeness (QED) is 0.396. The molecule has 0 atom stereocenters. The van der Waals surface area contributed by atoms with Crippen LogP contribution in [0.2, 0.25) is 0 Å². The number of thiocarbonyl (C=S) groups is 1. The largest absolute Gasteiger partial charge is 0.342 e. The van der Waals surface area contributed by atoms with E-state index < -0.39 is 0 Å². The Morgan fingerprint density at radius 3 is 2.45 bits per heavy atom. The van der Waals surface area contributed by atoms with Gasteiger partial charge in [-0.05, 0) is 38.1 Å². The van der Waals surface area contributed by atoms with E-state index >= 15 is 0 Å². The zero-order valence-electron chi connectivity index (χ0n) is 17.4. The lowest BCUT2D eigenvalue weighted by atomic mass is 10.1. The third-order valence-corrected chi connectivity index (χ3v) is 6.64. The second-order valence-electron chi connectivity index (χ2n) is 7.15. The van der Waals surface area contributed by atoms with Crippen LogP contribution in [0, 0.1) is 0 Å². The summed E-state index contributed by atoms with van der Waals surface area (Å²) in [5.74, 6) is -0.0510. The number of benzene rings is 2. The zero-order valence-corrected chi connectivity index (χ0v) is 19.1. The van der Waals surface area contributed by atoms with Crippen LogP contribution in [-0.2, 0) is 16.1 Å². The van der Waals surface area contributed by atoms with E-state index in [4.69, 9.17) is 12.2 Å². The van der Waals surface area contributed by atoms with E-state index in [-0.39, 0.29) is 18.4 Å². The smallest absolute Gasteiger partial charge is 0.270 e. The molecule has 0 aliphatic carbocycles. The first-order chi connectivity index (χ1) is 15.0. The number of carbonyl (C=O) groups excluding carboxylic acids is 2. The summed E-state index contributed by atoms with van der Waals surface area (Å²) in [4.78, 5) is 29.7. The Bertz CT molecular complexity index is 1180. The molecular weight excluding hydrogens is 426 g/mol. The maximum atomic E-state index is 13.1. The lowest BCUT2D eigenvalue weighted by molar-refractivity contribution is -0.131. The van der Waals surface area contributed by atoms with Gasteiger partial charge >= 0.3 is 0 Å². The first kappa shape index (κ1) is 21.3. The molecule has 0 spiro atoms. The van der Waals surface area contributed by atoms with Crippen molar-refractivity contribution in [1.82, 2.24) is 9.47 Å². The van der Waals surface area contributed by atoms with Crippen molar-refractivity contribution in [2.75, 3.05) is 18.0 Å². The number of thioether (sulfide) groups is 1. The number of para-hydroxylation sites is 2. The van der Waals surface area contributed by atoms with Gasteiger partial charge < -0.3 is 9.47 Å². The highest BCUT2D eigenvalue weighted by Crippen LogP contribution is 2.37. The number of rotatable bonds is 6. The Labute approximate surface area is 191 Å². The van der Waals surface area contributed by atoms with Crippen molar-refractivity contribution in [3.63, 3.8) is 0 Å². The van der Waals surface area contributed by atoms with Gasteiger partial charge in [0.2, 0.25) is 5.91 Å². The van der Waals surface area contributed by atoms with Crippen LogP contribution >= 0.6 is 24.0 Å². The lowest BCUT2D eigenvalue weighted by Gasteiger charge is -2.19. The SMILES string of the molecule is CCN(CC)C(=O)Cn1cc(/C=C2\SC(=S)N(c3ccccc3)C2=O)c2ccccc21. The molecule has 0 saturated carbocycles. The first-order valence-corrected chi connectivity index (χ1v) is 11.4. The minimum Gasteiger partial charge on any atom is -0.342 e. The van der Waals surface area contributed by atoms with Crippen molar-refractivity contribution in [2.24, 2.45) is 0 Å². The normalized spacial score (nSPS) is 15.3. The topological polar surface area (TPSA) is 45.6 Å². The highest BCUT2D eigenvalue weighted by Gasteiger charge is 2.33. The van der Waals surface area contributed by atoms with Gasteiger partial charge in [-0.15, -0.1) is 0 Å². The molecule has 31 heavy (non-hydrogen) atoms. The average molecular weight is 450 g/mol. The van der Waals surface area contributed by atoms with Crippen LogP contribution in [-0.4, -0.2) is 38.7 Å². The fourth-order valence-corrected chi connectivity index (χ4v) is 5.04. The number of amides is 2. The minimum atomic E-state index is -0.128. The second kappa shape index (κ2) is 9.08. The van der Waals surface area contributed by atoms with E-state index in [9.17, 15) is 9.59 Å². The van der Waals surface area contributed by atoms with Crippen LogP contribution < -0.4 is 4.90 Å². The van der Waals surface area contributed by atoms with Gasteiger partial charge in [0, 0.05) is 35.8 Å². The summed E-state index contributed by atoms with van der Waals surface area (Å²) in [6.45, 7) is 5.60. The van der Waals surface area contributed by atoms with Gasteiger partial charge in [0.05, 0.1) is 10.6 Å². The monoisotopic (exact) mass is 449 g/mol. The molecule has 1 aromatic heterocycles. The van der Waals surface area contributed by atoms with Crippen molar-refractivity contribution in [2.45, 2.75) is 20.4 Å². The fourth-order valence-electron chi connectivity index (χ4n) is 3.75. The third kappa shape index (κ3) is 4.16. The molecule has 1 aliphatic heterocycles. The number of aromatic nitrogens is 1.